The second-order valence-electron chi connectivity index (χ2n) is 9.85. The van der Waals surface area contributed by atoms with Crippen LogP contribution in [0.15, 0.2) is 42.5 Å². The third kappa shape index (κ3) is 6.33. The second kappa shape index (κ2) is 9.21. The zero-order chi connectivity index (χ0) is 19.3. The average molecular weight is 367 g/mol. The molecule has 1 fully saturated rings. The fraction of sp³-hybridized carbons (Fsp3) is 0.600. The molecule has 0 saturated heterocycles. The van der Waals surface area contributed by atoms with Crippen LogP contribution in [0.1, 0.15) is 58.4 Å². The van der Waals surface area contributed by atoms with Crippen LogP contribution in [0.25, 0.3) is 10.8 Å². The van der Waals surface area contributed by atoms with E-state index < -0.39 is 0 Å². The fourth-order valence-corrected chi connectivity index (χ4v) is 4.34. The van der Waals surface area contributed by atoms with Crippen molar-refractivity contribution in [2.45, 2.75) is 59.4 Å². The molecule has 0 aromatic heterocycles. The van der Waals surface area contributed by atoms with Crippen LogP contribution in [0.3, 0.4) is 0 Å². The van der Waals surface area contributed by atoms with Crippen LogP contribution in [0.4, 0.5) is 0 Å². The maximum atomic E-state index is 5.88. The van der Waals surface area contributed by atoms with Gasteiger partial charge in [0.1, 0.15) is 0 Å². The SMILES string of the molecule is CC(C)(C)CCN(Cc1ccc2ccccc2c1)CC1CCC(CN)CC1. The fourth-order valence-electron chi connectivity index (χ4n) is 4.34. The van der Waals surface area contributed by atoms with E-state index in [4.69, 9.17) is 5.73 Å². The summed E-state index contributed by atoms with van der Waals surface area (Å²) in [6.07, 6.45) is 6.60. The van der Waals surface area contributed by atoms with Crippen molar-refractivity contribution in [3.63, 3.8) is 0 Å². The van der Waals surface area contributed by atoms with E-state index >= 15 is 0 Å². The topological polar surface area (TPSA) is 29.3 Å². The molecule has 1 saturated carbocycles. The highest BCUT2D eigenvalue weighted by Gasteiger charge is 2.23. The van der Waals surface area contributed by atoms with Crippen LogP contribution < -0.4 is 5.73 Å². The molecule has 27 heavy (non-hydrogen) atoms. The Balaban J connectivity index is 1.66. The molecule has 2 heteroatoms. The zero-order valence-corrected chi connectivity index (χ0v) is 17.6. The molecule has 0 aliphatic heterocycles. The Labute approximate surface area is 166 Å². The number of benzene rings is 2. The van der Waals surface area contributed by atoms with Crippen molar-refractivity contribution in [3.05, 3.63) is 48.0 Å². The molecule has 0 spiro atoms. The van der Waals surface area contributed by atoms with E-state index in [-0.39, 0.29) is 0 Å². The first-order valence-corrected chi connectivity index (χ1v) is 10.8. The quantitative estimate of drug-likeness (QED) is 0.666. The lowest BCUT2D eigenvalue weighted by molar-refractivity contribution is 0.159. The molecule has 0 atom stereocenters. The van der Waals surface area contributed by atoms with E-state index in [1.165, 1.54) is 61.5 Å². The standard InChI is InChI=1S/C25H38N2/c1-25(2,3)14-15-27(18-21-10-8-20(17-26)9-11-21)19-22-12-13-23-6-4-5-7-24(23)16-22/h4-7,12-13,16,20-21H,8-11,14-15,17-19,26H2,1-3H3. The molecule has 2 aromatic rings. The third-order valence-electron chi connectivity index (χ3n) is 6.21. The first kappa shape index (κ1) is 20.4. The van der Waals surface area contributed by atoms with Crippen molar-refractivity contribution in [1.82, 2.24) is 4.90 Å². The highest BCUT2D eigenvalue weighted by atomic mass is 15.1. The predicted octanol–water partition coefficient (Wildman–Crippen LogP) is 5.84. The van der Waals surface area contributed by atoms with Crippen LogP contribution in [0.2, 0.25) is 0 Å². The summed E-state index contributed by atoms with van der Waals surface area (Å²) in [6.45, 7) is 11.4. The Kier molecular flexibility index (Phi) is 6.94. The maximum Gasteiger partial charge on any atom is 0.0234 e. The highest BCUT2D eigenvalue weighted by Crippen LogP contribution is 2.30. The van der Waals surface area contributed by atoms with Crippen LogP contribution in [-0.4, -0.2) is 24.5 Å². The van der Waals surface area contributed by atoms with Gasteiger partial charge in [0, 0.05) is 13.1 Å². The average Bonchev–Trinajstić information content (AvgIpc) is 2.66. The summed E-state index contributed by atoms with van der Waals surface area (Å²) in [5.74, 6) is 1.61. The van der Waals surface area contributed by atoms with Crippen molar-refractivity contribution in [2.24, 2.45) is 23.0 Å². The van der Waals surface area contributed by atoms with Gasteiger partial charge in [-0.3, -0.25) is 4.90 Å². The van der Waals surface area contributed by atoms with Gasteiger partial charge in [0.2, 0.25) is 0 Å². The number of hydrogen-bond donors (Lipinski definition) is 1. The number of rotatable bonds is 7. The van der Waals surface area contributed by atoms with E-state index in [1.807, 2.05) is 0 Å². The number of hydrogen-bond acceptors (Lipinski definition) is 2. The monoisotopic (exact) mass is 366 g/mol. The number of fused-ring (bicyclic) bond motifs is 1. The van der Waals surface area contributed by atoms with Gasteiger partial charge in [-0.05, 0) is 84.8 Å². The van der Waals surface area contributed by atoms with E-state index in [1.54, 1.807) is 0 Å². The van der Waals surface area contributed by atoms with Crippen LogP contribution in [-0.2, 0) is 6.54 Å². The molecule has 0 bridgehead atoms. The lowest BCUT2D eigenvalue weighted by Gasteiger charge is -2.34. The van der Waals surface area contributed by atoms with E-state index in [0.717, 1.165) is 24.9 Å². The van der Waals surface area contributed by atoms with Crippen LogP contribution in [0.5, 0.6) is 0 Å². The van der Waals surface area contributed by atoms with Crippen molar-refractivity contribution in [2.75, 3.05) is 19.6 Å². The minimum absolute atomic E-state index is 0.388. The van der Waals surface area contributed by atoms with Gasteiger partial charge in [0.25, 0.3) is 0 Å². The van der Waals surface area contributed by atoms with E-state index in [9.17, 15) is 0 Å². The summed E-state index contributed by atoms with van der Waals surface area (Å²) in [6, 6.07) is 15.7. The Hall–Kier alpha value is -1.38. The molecule has 1 aliphatic carbocycles. The van der Waals surface area contributed by atoms with Gasteiger partial charge >= 0.3 is 0 Å². The van der Waals surface area contributed by atoms with Crippen LogP contribution >= 0.6 is 0 Å². The first-order chi connectivity index (χ1) is 12.9. The Morgan fingerprint density at radius 2 is 1.59 bits per heavy atom. The molecule has 2 nitrogen and oxygen atoms in total. The summed E-state index contributed by atoms with van der Waals surface area (Å²) >= 11 is 0. The van der Waals surface area contributed by atoms with Gasteiger partial charge in [-0.15, -0.1) is 0 Å². The largest absolute Gasteiger partial charge is 0.330 e. The molecule has 0 radical (unpaired) electrons. The molecule has 3 rings (SSSR count). The van der Waals surface area contributed by atoms with Crippen molar-refractivity contribution < 1.29 is 0 Å². The smallest absolute Gasteiger partial charge is 0.0234 e. The van der Waals surface area contributed by atoms with Gasteiger partial charge in [-0.25, -0.2) is 0 Å². The van der Waals surface area contributed by atoms with E-state index in [2.05, 4.69) is 68.1 Å². The molecule has 1 aliphatic rings. The second-order valence-corrected chi connectivity index (χ2v) is 9.85. The Morgan fingerprint density at radius 3 is 2.26 bits per heavy atom. The van der Waals surface area contributed by atoms with E-state index in [0.29, 0.717) is 5.41 Å². The van der Waals surface area contributed by atoms with Gasteiger partial charge in [-0.1, -0.05) is 57.2 Å². The van der Waals surface area contributed by atoms with Gasteiger partial charge in [0.05, 0.1) is 0 Å². The lowest BCUT2D eigenvalue weighted by Crippen LogP contribution is -2.34. The predicted molar refractivity (Wildman–Crippen MR) is 118 cm³/mol. The highest BCUT2D eigenvalue weighted by molar-refractivity contribution is 5.82. The van der Waals surface area contributed by atoms with Gasteiger partial charge < -0.3 is 5.73 Å². The Morgan fingerprint density at radius 1 is 0.926 bits per heavy atom. The minimum atomic E-state index is 0.388. The Bertz CT molecular complexity index is 708. The number of nitrogens with zero attached hydrogens (tertiary/aromatic N) is 1. The summed E-state index contributed by atoms with van der Waals surface area (Å²) in [4.78, 5) is 2.71. The number of nitrogens with two attached hydrogens (primary N) is 1. The molecule has 2 N–H and O–H groups in total. The molecular weight excluding hydrogens is 328 g/mol. The minimum Gasteiger partial charge on any atom is -0.330 e. The third-order valence-corrected chi connectivity index (χ3v) is 6.21. The molecular formula is C25H38N2. The maximum absolute atomic E-state index is 5.88. The summed E-state index contributed by atoms with van der Waals surface area (Å²) in [5.41, 5.74) is 7.71. The summed E-state index contributed by atoms with van der Waals surface area (Å²) in [5, 5.41) is 2.69. The molecule has 0 unspecified atom stereocenters. The van der Waals surface area contributed by atoms with Crippen molar-refractivity contribution >= 4 is 10.8 Å². The normalized spacial score (nSPS) is 21.1. The van der Waals surface area contributed by atoms with Gasteiger partial charge in [-0.2, -0.15) is 0 Å². The molecule has 2 aromatic carbocycles. The first-order valence-electron chi connectivity index (χ1n) is 10.8. The van der Waals surface area contributed by atoms with Gasteiger partial charge in [0.15, 0.2) is 0 Å². The summed E-state index contributed by atoms with van der Waals surface area (Å²) in [7, 11) is 0. The summed E-state index contributed by atoms with van der Waals surface area (Å²) < 4.78 is 0. The van der Waals surface area contributed by atoms with Crippen molar-refractivity contribution in [3.8, 4) is 0 Å². The molecule has 0 heterocycles. The molecule has 0 amide bonds. The zero-order valence-electron chi connectivity index (χ0n) is 17.6. The van der Waals surface area contributed by atoms with Crippen molar-refractivity contribution in [1.29, 1.82) is 0 Å². The van der Waals surface area contributed by atoms with Crippen LogP contribution in [0, 0.1) is 17.3 Å². The lowest BCUT2D eigenvalue weighted by atomic mass is 9.81. The molecule has 148 valence electrons.